The zero-order valence-electron chi connectivity index (χ0n) is 19.4. The van der Waals surface area contributed by atoms with Gasteiger partial charge in [0.1, 0.15) is 0 Å². The summed E-state index contributed by atoms with van der Waals surface area (Å²) in [5, 5.41) is 12.8. The molecule has 3 aromatic carbocycles. The molecule has 2 atom stereocenters. The summed E-state index contributed by atoms with van der Waals surface area (Å²) in [6.07, 6.45) is -0.246. The first-order valence-corrected chi connectivity index (χ1v) is 12.4. The van der Waals surface area contributed by atoms with Crippen LogP contribution >= 0.6 is 0 Å². The third-order valence-electron chi connectivity index (χ3n) is 6.03. The number of nitrogens with two attached hydrogens (primary N) is 1. The van der Waals surface area contributed by atoms with E-state index in [-0.39, 0.29) is 6.42 Å². The van der Waals surface area contributed by atoms with E-state index in [0.717, 1.165) is 37.7 Å². The fourth-order valence-electron chi connectivity index (χ4n) is 4.29. The van der Waals surface area contributed by atoms with E-state index >= 15 is 0 Å². The molecule has 1 saturated heterocycles. The lowest BCUT2D eigenvalue weighted by Crippen LogP contribution is -2.57. The van der Waals surface area contributed by atoms with E-state index in [1.165, 1.54) is 0 Å². The van der Waals surface area contributed by atoms with Crippen molar-refractivity contribution < 1.29 is 18.7 Å². The summed E-state index contributed by atoms with van der Waals surface area (Å²) < 4.78 is 24.6. The second-order valence-electron chi connectivity index (χ2n) is 8.49. The van der Waals surface area contributed by atoms with Gasteiger partial charge in [0.05, 0.1) is 6.42 Å². The Morgan fingerprint density at radius 3 is 2.40 bits per heavy atom. The van der Waals surface area contributed by atoms with Gasteiger partial charge in [0, 0.05) is 71.4 Å². The zero-order valence-corrected chi connectivity index (χ0v) is 20.2. The zero-order chi connectivity index (χ0) is 24.9. The summed E-state index contributed by atoms with van der Waals surface area (Å²) in [5.41, 5.74) is 9.62. The molecule has 3 N–H and O–H groups in total. The standard InChI is InChI=1S/C26H28N4O4S/c1-19(17-26(31)32)30(35(33)34)29-15-13-28(14-16-29)23-10-7-20(8-11-23)5-6-21-9-12-24-22(18-21)3-2-4-25(24)27/h2-4,7-12,18-19H,13-17,27H2,1H3,(H,31,32)(H,33,34)/p-1. The van der Waals surface area contributed by atoms with Gasteiger partial charge >= 0.3 is 5.97 Å². The van der Waals surface area contributed by atoms with Crippen molar-refractivity contribution in [2.24, 2.45) is 0 Å². The molecule has 0 radical (unpaired) electrons. The Labute approximate surface area is 207 Å². The maximum Gasteiger partial charge on any atom is 0.305 e. The van der Waals surface area contributed by atoms with Gasteiger partial charge in [0.25, 0.3) is 0 Å². The van der Waals surface area contributed by atoms with Crippen LogP contribution in [0.1, 0.15) is 24.5 Å². The number of hydrazine groups is 1. The Morgan fingerprint density at radius 2 is 1.74 bits per heavy atom. The highest BCUT2D eigenvalue weighted by Crippen LogP contribution is 2.22. The number of aliphatic carboxylic acids is 1. The molecule has 8 nitrogen and oxygen atoms in total. The van der Waals surface area contributed by atoms with E-state index in [1.807, 2.05) is 60.7 Å². The molecule has 3 aromatic rings. The van der Waals surface area contributed by atoms with Crippen LogP contribution < -0.4 is 10.6 Å². The molecule has 0 aromatic heterocycles. The number of carboxylic acid groups (broad SMARTS) is 1. The normalized spacial score (nSPS) is 16.0. The number of piperazine rings is 1. The van der Waals surface area contributed by atoms with Crippen molar-refractivity contribution in [3.63, 3.8) is 0 Å². The van der Waals surface area contributed by atoms with Crippen LogP contribution in [0.4, 0.5) is 11.4 Å². The molecule has 0 amide bonds. The van der Waals surface area contributed by atoms with Crippen molar-refractivity contribution >= 4 is 39.4 Å². The molecule has 182 valence electrons. The molecule has 35 heavy (non-hydrogen) atoms. The quantitative estimate of drug-likeness (QED) is 0.310. The first-order valence-electron chi connectivity index (χ1n) is 11.3. The van der Waals surface area contributed by atoms with Crippen LogP contribution in [0.2, 0.25) is 0 Å². The number of nitrogen functional groups attached to an aromatic ring is 1. The Balaban J connectivity index is 1.39. The summed E-state index contributed by atoms with van der Waals surface area (Å²) in [4.78, 5) is 13.2. The molecular formula is C26H27N4O4S-. The third kappa shape index (κ3) is 5.99. The fraction of sp³-hybridized carbons (Fsp3) is 0.269. The van der Waals surface area contributed by atoms with E-state index in [0.29, 0.717) is 26.2 Å². The van der Waals surface area contributed by atoms with Crippen LogP contribution in [0.5, 0.6) is 0 Å². The first kappa shape index (κ1) is 24.7. The first-order chi connectivity index (χ1) is 16.8. The number of nitrogens with zero attached hydrogens (tertiary/aromatic N) is 3. The number of hydrogen-bond donors (Lipinski definition) is 2. The van der Waals surface area contributed by atoms with E-state index in [2.05, 4.69) is 16.7 Å². The SMILES string of the molecule is CC(CC(=O)O)N(N1CCN(c2ccc(C#Cc3ccc4c(N)cccc4c3)cc2)CC1)S(=O)[O-]. The Kier molecular flexibility index (Phi) is 7.68. The maximum absolute atomic E-state index is 11.7. The highest BCUT2D eigenvalue weighted by atomic mass is 32.2. The molecular weight excluding hydrogens is 464 g/mol. The Morgan fingerprint density at radius 1 is 1.09 bits per heavy atom. The lowest BCUT2D eigenvalue weighted by molar-refractivity contribution is -0.139. The molecule has 0 bridgehead atoms. The van der Waals surface area contributed by atoms with Gasteiger partial charge in [-0.1, -0.05) is 30.0 Å². The molecule has 4 rings (SSSR count). The van der Waals surface area contributed by atoms with Gasteiger partial charge in [0.15, 0.2) is 0 Å². The van der Waals surface area contributed by atoms with Crippen molar-refractivity contribution in [3.05, 3.63) is 71.8 Å². The van der Waals surface area contributed by atoms with Crippen molar-refractivity contribution in [2.45, 2.75) is 19.4 Å². The second kappa shape index (κ2) is 10.9. The van der Waals surface area contributed by atoms with Gasteiger partial charge in [-0.3, -0.25) is 9.00 Å². The Bertz CT molecular complexity index is 1290. The number of carboxylic acids is 1. The Hall–Kier alpha value is -3.42. The average Bonchev–Trinajstić information content (AvgIpc) is 2.83. The summed E-state index contributed by atoms with van der Waals surface area (Å²) in [6, 6.07) is 19.2. The summed E-state index contributed by atoms with van der Waals surface area (Å²) in [5.74, 6) is 5.38. The predicted molar refractivity (Wildman–Crippen MR) is 137 cm³/mol. The second-order valence-corrected chi connectivity index (χ2v) is 9.30. The van der Waals surface area contributed by atoms with Crippen LogP contribution in [0.25, 0.3) is 10.8 Å². The van der Waals surface area contributed by atoms with Crippen molar-refractivity contribution in [3.8, 4) is 11.8 Å². The van der Waals surface area contributed by atoms with Crippen LogP contribution in [-0.2, 0) is 16.1 Å². The van der Waals surface area contributed by atoms with E-state index in [9.17, 15) is 13.6 Å². The number of fused-ring (bicyclic) bond motifs is 1. The van der Waals surface area contributed by atoms with Gasteiger partial charge in [-0.2, -0.15) is 4.41 Å². The van der Waals surface area contributed by atoms with Crippen LogP contribution in [-0.4, -0.2) is 61.5 Å². The molecule has 0 spiro atoms. The molecule has 1 heterocycles. The summed E-state index contributed by atoms with van der Waals surface area (Å²) >= 11 is -2.53. The monoisotopic (exact) mass is 491 g/mol. The molecule has 2 unspecified atom stereocenters. The van der Waals surface area contributed by atoms with Gasteiger partial charge < -0.3 is 20.3 Å². The third-order valence-corrected chi connectivity index (χ3v) is 6.93. The van der Waals surface area contributed by atoms with Crippen LogP contribution in [0.15, 0.2) is 60.7 Å². The molecule has 1 fully saturated rings. The van der Waals surface area contributed by atoms with Gasteiger partial charge in [-0.25, -0.2) is 5.01 Å². The minimum atomic E-state index is -2.53. The number of carbonyl (C=O) groups is 1. The summed E-state index contributed by atoms with van der Waals surface area (Å²) in [6.45, 7) is 3.80. The molecule has 1 aliphatic rings. The largest absolute Gasteiger partial charge is 0.759 e. The van der Waals surface area contributed by atoms with E-state index in [4.69, 9.17) is 10.8 Å². The van der Waals surface area contributed by atoms with Gasteiger partial charge in [0.2, 0.25) is 0 Å². The lowest BCUT2D eigenvalue weighted by Gasteiger charge is -2.44. The van der Waals surface area contributed by atoms with Crippen LogP contribution in [0.3, 0.4) is 0 Å². The van der Waals surface area contributed by atoms with Gasteiger partial charge in [-0.05, 0) is 54.8 Å². The molecule has 1 aliphatic heterocycles. The number of rotatable bonds is 6. The smallest absolute Gasteiger partial charge is 0.305 e. The van der Waals surface area contributed by atoms with Crippen molar-refractivity contribution in [2.75, 3.05) is 36.8 Å². The maximum atomic E-state index is 11.7. The molecule has 0 saturated carbocycles. The predicted octanol–water partition coefficient (Wildman–Crippen LogP) is 2.82. The van der Waals surface area contributed by atoms with Crippen LogP contribution in [0, 0.1) is 11.8 Å². The fourth-order valence-corrected chi connectivity index (χ4v) is 5.01. The molecule has 0 aliphatic carbocycles. The van der Waals surface area contributed by atoms with E-state index in [1.54, 1.807) is 11.9 Å². The summed E-state index contributed by atoms with van der Waals surface area (Å²) in [7, 11) is 0. The number of hydrogen-bond acceptors (Lipinski definition) is 6. The lowest BCUT2D eigenvalue weighted by atomic mass is 10.1. The van der Waals surface area contributed by atoms with Crippen molar-refractivity contribution in [1.82, 2.24) is 9.42 Å². The number of anilines is 2. The minimum absolute atomic E-state index is 0.246. The number of benzene rings is 3. The van der Waals surface area contributed by atoms with Gasteiger partial charge in [-0.15, -0.1) is 0 Å². The average molecular weight is 492 g/mol. The minimum Gasteiger partial charge on any atom is -0.759 e. The van der Waals surface area contributed by atoms with Crippen molar-refractivity contribution in [1.29, 1.82) is 0 Å². The van der Waals surface area contributed by atoms with E-state index < -0.39 is 23.3 Å². The topological polar surface area (TPSA) is 113 Å². The molecule has 9 heteroatoms. The highest BCUT2D eigenvalue weighted by molar-refractivity contribution is 7.76. The highest BCUT2D eigenvalue weighted by Gasteiger charge is 2.27.